The molecular weight excluding hydrogens is 254 g/mol. The van der Waals surface area contributed by atoms with E-state index < -0.39 is 11.9 Å². The summed E-state index contributed by atoms with van der Waals surface area (Å²) in [6.07, 6.45) is 6.07. The second-order valence-corrected chi connectivity index (χ2v) is 5.67. The van der Waals surface area contributed by atoms with Crippen LogP contribution in [0.4, 0.5) is 0 Å². The summed E-state index contributed by atoms with van der Waals surface area (Å²) in [4.78, 5) is 15.6. The molecule has 1 N–H and O–H groups in total. The van der Waals surface area contributed by atoms with Gasteiger partial charge in [-0.25, -0.2) is 4.98 Å². The van der Waals surface area contributed by atoms with Crippen LogP contribution < -0.4 is 0 Å². The van der Waals surface area contributed by atoms with Gasteiger partial charge < -0.3 is 9.52 Å². The Morgan fingerprint density at radius 2 is 2.10 bits per heavy atom. The van der Waals surface area contributed by atoms with E-state index in [0.717, 1.165) is 35.4 Å². The van der Waals surface area contributed by atoms with Crippen molar-refractivity contribution in [3.8, 4) is 0 Å². The Morgan fingerprint density at radius 1 is 1.35 bits per heavy atom. The Bertz CT molecular complexity index is 626. The topological polar surface area (TPSA) is 63.3 Å². The number of hydrogen-bond donors (Lipinski definition) is 1. The summed E-state index contributed by atoms with van der Waals surface area (Å²) in [5, 5.41) is 9.07. The second kappa shape index (κ2) is 5.27. The Labute approximate surface area is 117 Å². The van der Waals surface area contributed by atoms with Crippen molar-refractivity contribution in [2.45, 2.75) is 50.9 Å². The van der Waals surface area contributed by atoms with Crippen LogP contribution in [0.15, 0.2) is 22.6 Å². The molecule has 1 saturated carbocycles. The Kier molecular flexibility index (Phi) is 3.47. The van der Waals surface area contributed by atoms with Crippen molar-refractivity contribution in [1.29, 1.82) is 0 Å². The predicted molar refractivity (Wildman–Crippen MR) is 75.9 cm³/mol. The zero-order valence-corrected chi connectivity index (χ0v) is 11.6. The number of rotatable bonds is 3. The first kappa shape index (κ1) is 13.2. The molecule has 106 valence electrons. The number of hydrogen-bond acceptors (Lipinski definition) is 3. The first-order chi connectivity index (χ1) is 9.65. The number of nitrogens with zero attached hydrogens (tertiary/aromatic N) is 1. The van der Waals surface area contributed by atoms with Crippen LogP contribution in [0.2, 0.25) is 0 Å². The summed E-state index contributed by atoms with van der Waals surface area (Å²) >= 11 is 0. The van der Waals surface area contributed by atoms with Crippen molar-refractivity contribution in [2.75, 3.05) is 0 Å². The minimum Gasteiger partial charge on any atom is -0.481 e. The maximum absolute atomic E-state index is 11.0. The van der Waals surface area contributed by atoms with E-state index in [4.69, 9.17) is 9.52 Å². The van der Waals surface area contributed by atoms with Crippen LogP contribution in [0.5, 0.6) is 0 Å². The van der Waals surface area contributed by atoms with E-state index >= 15 is 0 Å². The molecule has 0 aliphatic heterocycles. The summed E-state index contributed by atoms with van der Waals surface area (Å²) in [6.45, 7) is 1.69. The molecule has 0 radical (unpaired) electrons. The lowest BCUT2D eigenvalue weighted by atomic mass is 9.89. The smallest absolute Gasteiger partial charge is 0.310 e. The third kappa shape index (κ3) is 2.42. The van der Waals surface area contributed by atoms with E-state index in [1.807, 2.05) is 18.2 Å². The van der Waals surface area contributed by atoms with Crippen LogP contribution in [0.3, 0.4) is 0 Å². The molecule has 20 heavy (non-hydrogen) atoms. The molecule has 1 aliphatic rings. The van der Waals surface area contributed by atoms with Crippen LogP contribution in [-0.2, 0) is 4.79 Å². The van der Waals surface area contributed by atoms with Crippen molar-refractivity contribution in [2.24, 2.45) is 0 Å². The van der Waals surface area contributed by atoms with E-state index in [2.05, 4.69) is 4.98 Å². The largest absolute Gasteiger partial charge is 0.481 e. The number of benzene rings is 1. The average Bonchev–Trinajstić information content (AvgIpc) is 2.90. The maximum atomic E-state index is 11.0. The molecule has 1 heterocycles. The molecule has 1 unspecified atom stereocenters. The molecule has 4 nitrogen and oxygen atoms in total. The minimum absolute atomic E-state index is 0.427. The fourth-order valence-corrected chi connectivity index (χ4v) is 2.90. The van der Waals surface area contributed by atoms with E-state index in [0.29, 0.717) is 5.92 Å². The summed E-state index contributed by atoms with van der Waals surface area (Å²) in [5.74, 6) is -0.0918. The van der Waals surface area contributed by atoms with Crippen LogP contribution in [0.1, 0.15) is 62.3 Å². The van der Waals surface area contributed by atoms with Gasteiger partial charge in [0.05, 0.1) is 5.92 Å². The lowest BCUT2D eigenvalue weighted by molar-refractivity contribution is -0.138. The average molecular weight is 273 g/mol. The lowest BCUT2D eigenvalue weighted by Crippen LogP contribution is -2.07. The fourth-order valence-electron chi connectivity index (χ4n) is 2.90. The van der Waals surface area contributed by atoms with Crippen LogP contribution in [-0.4, -0.2) is 16.1 Å². The molecule has 1 fully saturated rings. The molecule has 1 atom stereocenters. The van der Waals surface area contributed by atoms with Gasteiger partial charge in [0.1, 0.15) is 5.52 Å². The highest BCUT2D eigenvalue weighted by atomic mass is 16.4. The first-order valence-electron chi connectivity index (χ1n) is 7.28. The van der Waals surface area contributed by atoms with E-state index in [1.165, 1.54) is 19.3 Å². The number of carbonyl (C=O) groups is 1. The van der Waals surface area contributed by atoms with Gasteiger partial charge in [-0.1, -0.05) is 25.3 Å². The zero-order valence-electron chi connectivity index (χ0n) is 11.6. The summed E-state index contributed by atoms with van der Waals surface area (Å²) in [7, 11) is 0. The van der Waals surface area contributed by atoms with Crippen molar-refractivity contribution >= 4 is 17.1 Å². The highest BCUT2D eigenvalue weighted by Crippen LogP contribution is 2.34. The van der Waals surface area contributed by atoms with Gasteiger partial charge in [-0.05, 0) is 37.5 Å². The predicted octanol–water partition coefficient (Wildman–Crippen LogP) is 4.06. The quantitative estimate of drug-likeness (QED) is 0.915. The molecule has 4 heteroatoms. The van der Waals surface area contributed by atoms with Gasteiger partial charge in [0, 0.05) is 5.92 Å². The summed E-state index contributed by atoms with van der Waals surface area (Å²) < 4.78 is 5.84. The van der Waals surface area contributed by atoms with Gasteiger partial charge in [-0.2, -0.15) is 0 Å². The zero-order chi connectivity index (χ0) is 14.1. The molecule has 0 saturated heterocycles. The SMILES string of the molecule is CC(C(=O)O)c1ccc2oc(C3CCCCC3)nc2c1. The van der Waals surface area contributed by atoms with Crippen molar-refractivity contribution in [3.63, 3.8) is 0 Å². The van der Waals surface area contributed by atoms with Crippen molar-refractivity contribution < 1.29 is 14.3 Å². The Balaban J connectivity index is 1.92. The highest BCUT2D eigenvalue weighted by molar-refractivity contribution is 5.79. The van der Waals surface area contributed by atoms with Gasteiger partial charge in [0.15, 0.2) is 11.5 Å². The number of aliphatic carboxylic acids is 1. The molecule has 1 aliphatic carbocycles. The molecular formula is C16H19NO3. The van der Waals surface area contributed by atoms with Gasteiger partial charge >= 0.3 is 5.97 Å². The van der Waals surface area contributed by atoms with Gasteiger partial charge in [0.25, 0.3) is 0 Å². The third-order valence-corrected chi connectivity index (χ3v) is 4.25. The molecule has 2 aromatic rings. The minimum atomic E-state index is -0.819. The summed E-state index contributed by atoms with van der Waals surface area (Å²) in [6, 6.07) is 5.49. The van der Waals surface area contributed by atoms with Crippen molar-refractivity contribution in [3.05, 3.63) is 29.7 Å². The van der Waals surface area contributed by atoms with E-state index in [9.17, 15) is 4.79 Å². The van der Waals surface area contributed by atoms with Crippen LogP contribution >= 0.6 is 0 Å². The first-order valence-corrected chi connectivity index (χ1v) is 7.28. The third-order valence-electron chi connectivity index (χ3n) is 4.25. The molecule has 0 bridgehead atoms. The summed E-state index contributed by atoms with van der Waals surface area (Å²) in [5.41, 5.74) is 2.30. The number of oxazole rings is 1. The number of fused-ring (bicyclic) bond motifs is 1. The Morgan fingerprint density at radius 3 is 2.80 bits per heavy atom. The maximum Gasteiger partial charge on any atom is 0.310 e. The lowest BCUT2D eigenvalue weighted by Gasteiger charge is -2.17. The normalized spacial score (nSPS) is 18.2. The van der Waals surface area contributed by atoms with Crippen molar-refractivity contribution in [1.82, 2.24) is 4.98 Å². The van der Waals surface area contributed by atoms with Gasteiger partial charge in [-0.3, -0.25) is 4.79 Å². The fraction of sp³-hybridized carbons (Fsp3) is 0.500. The molecule has 1 aromatic heterocycles. The second-order valence-electron chi connectivity index (χ2n) is 5.67. The van der Waals surface area contributed by atoms with Gasteiger partial charge in [-0.15, -0.1) is 0 Å². The van der Waals surface area contributed by atoms with E-state index in [-0.39, 0.29) is 0 Å². The number of carboxylic acids is 1. The molecule has 1 aromatic carbocycles. The van der Waals surface area contributed by atoms with E-state index in [1.54, 1.807) is 6.92 Å². The molecule has 0 amide bonds. The number of aromatic nitrogens is 1. The Hall–Kier alpha value is -1.84. The molecule has 0 spiro atoms. The number of carboxylic acid groups (broad SMARTS) is 1. The highest BCUT2D eigenvalue weighted by Gasteiger charge is 2.21. The van der Waals surface area contributed by atoms with Crippen LogP contribution in [0.25, 0.3) is 11.1 Å². The monoisotopic (exact) mass is 273 g/mol. The van der Waals surface area contributed by atoms with Gasteiger partial charge in [0.2, 0.25) is 0 Å². The standard InChI is InChI=1S/C16H19NO3/c1-10(16(18)19)12-7-8-14-13(9-12)17-15(20-14)11-5-3-2-4-6-11/h7-11H,2-6H2,1H3,(H,18,19). The van der Waals surface area contributed by atoms with Crippen LogP contribution in [0, 0.1) is 0 Å². The molecule has 3 rings (SSSR count).